The molecule has 0 saturated heterocycles. The average Bonchev–Trinajstić information content (AvgIpc) is 2.34. The highest BCUT2D eigenvalue weighted by atomic mass is 19.1. The molecule has 0 amide bonds. The summed E-state index contributed by atoms with van der Waals surface area (Å²) in [6.45, 7) is 3.34. The topological polar surface area (TPSA) is 42.4 Å². The molecule has 0 aliphatic heterocycles. The zero-order valence-corrected chi connectivity index (χ0v) is 10.2. The van der Waals surface area contributed by atoms with E-state index in [-0.39, 0.29) is 5.82 Å². The fourth-order valence-corrected chi connectivity index (χ4v) is 1.50. The summed E-state index contributed by atoms with van der Waals surface area (Å²) < 4.78 is 18.8. The standard InChI is InChI=1S/C14H14FNO2/c1-9-3-4-12(8-13(9)15)18-14-7-11(10(2)17)5-6-16-14/h3-8,10,17H,1-2H3. The Morgan fingerprint density at radius 3 is 2.72 bits per heavy atom. The van der Waals surface area contributed by atoms with Crippen molar-refractivity contribution in [3.63, 3.8) is 0 Å². The Bertz CT molecular complexity index is 555. The average molecular weight is 247 g/mol. The number of aliphatic hydroxyl groups is 1. The Kier molecular flexibility index (Phi) is 3.58. The quantitative estimate of drug-likeness (QED) is 0.904. The molecule has 0 radical (unpaired) electrons. The lowest BCUT2D eigenvalue weighted by Crippen LogP contribution is -1.94. The van der Waals surface area contributed by atoms with Crippen LogP contribution in [0.5, 0.6) is 11.6 Å². The molecule has 0 spiro atoms. The van der Waals surface area contributed by atoms with E-state index in [1.54, 1.807) is 44.3 Å². The molecule has 0 bridgehead atoms. The summed E-state index contributed by atoms with van der Waals surface area (Å²) in [7, 11) is 0. The van der Waals surface area contributed by atoms with E-state index in [9.17, 15) is 9.50 Å². The second-order valence-corrected chi connectivity index (χ2v) is 4.12. The van der Waals surface area contributed by atoms with E-state index in [0.29, 0.717) is 22.8 Å². The van der Waals surface area contributed by atoms with E-state index >= 15 is 0 Å². The first-order chi connectivity index (χ1) is 8.56. The normalized spacial score (nSPS) is 12.2. The lowest BCUT2D eigenvalue weighted by Gasteiger charge is -2.08. The van der Waals surface area contributed by atoms with Crippen LogP contribution in [0.25, 0.3) is 0 Å². The van der Waals surface area contributed by atoms with Gasteiger partial charge in [-0.15, -0.1) is 0 Å². The van der Waals surface area contributed by atoms with Crippen LogP contribution in [0.15, 0.2) is 36.5 Å². The minimum Gasteiger partial charge on any atom is -0.439 e. The maximum absolute atomic E-state index is 13.3. The number of aliphatic hydroxyl groups excluding tert-OH is 1. The second kappa shape index (κ2) is 5.14. The van der Waals surface area contributed by atoms with E-state index in [1.807, 2.05) is 0 Å². The highest BCUT2D eigenvalue weighted by Gasteiger charge is 2.06. The smallest absolute Gasteiger partial charge is 0.219 e. The van der Waals surface area contributed by atoms with Gasteiger partial charge in [-0.25, -0.2) is 9.37 Å². The molecule has 1 N–H and O–H groups in total. The minimum absolute atomic E-state index is 0.320. The highest BCUT2D eigenvalue weighted by molar-refractivity contribution is 5.32. The molecule has 1 unspecified atom stereocenters. The van der Waals surface area contributed by atoms with Crippen molar-refractivity contribution in [1.29, 1.82) is 0 Å². The number of hydrogen-bond donors (Lipinski definition) is 1. The number of pyridine rings is 1. The van der Waals surface area contributed by atoms with Crippen molar-refractivity contribution in [2.75, 3.05) is 0 Å². The van der Waals surface area contributed by atoms with E-state index in [0.717, 1.165) is 0 Å². The molecule has 94 valence electrons. The molecule has 1 atom stereocenters. The van der Waals surface area contributed by atoms with Gasteiger partial charge in [0.15, 0.2) is 0 Å². The molecule has 2 rings (SSSR count). The first-order valence-corrected chi connectivity index (χ1v) is 5.64. The lowest BCUT2D eigenvalue weighted by atomic mass is 10.2. The van der Waals surface area contributed by atoms with Gasteiger partial charge in [0.25, 0.3) is 0 Å². The Hall–Kier alpha value is -1.94. The van der Waals surface area contributed by atoms with Crippen LogP contribution >= 0.6 is 0 Å². The minimum atomic E-state index is -0.592. The van der Waals surface area contributed by atoms with Crippen molar-refractivity contribution < 1.29 is 14.2 Å². The summed E-state index contributed by atoms with van der Waals surface area (Å²) in [5.74, 6) is 0.393. The van der Waals surface area contributed by atoms with Gasteiger partial charge in [0.1, 0.15) is 11.6 Å². The Morgan fingerprint density at radius 2 is 2.06 bits per heavy atom. The van der Waals surface area contributed by atoms with E-state index in [2.05, 4.69) is 4.98 Å². The van der Waals surface area contributed by atoms with Crippen molar-refractivity contribution >= 4 is 0 Å². The van der Waals surface area contributed by atoms with Crippen LogP contribution in [0.4, 0.5) is 4.39 Å². The Morgan fingerprint density at radius 1 is 1.28 bits per heavy atom. The third-order valence-electron chi connectivity index (χ3n) is 2.61. The van der Waals surface area contributed by atoms with Gasteiger partial charge in [0.05, 0.1) is 6.10 Å². The Labute approximate surface area is 105 Å². The summed E-state index contributed by atoms with van der Waals surface area (Å²) in [6, 6.07) is 7.96. The van der Waals surface area contributed by atoms with Gasteiger partial charge < -0.3 is 9.84 Å². The monoisotopic (exact) mass is 247 g/mol. The van der Waals surface area contributed by atoms with E-state index in [4.69, 9.17) is 4.74 Å². The SMILES string of the molecule is Cc1ccc(Oc2cc(C(C)O)ccn2)cc1F. The number of nitrogens with zero attached hydrogens (tertiary/aromatic N) is 1. The van der Waals surface area contributed by atoms with Gasteiger partial charge in [-0.3, -0.25) is 0 Å². The van der Waals surface area contributed by atoms with Crippen molar-refractivity contribution in [2.45, 2.75) is 20.0 Å². The fourth-order valence-electron chi connectivity index (χ4n) is 1.50. The molecule has 0 fully saturated rings. The molecule has 0 aliphatic carbocycles. The van der Waals surface area contributed by atoms with Crippen LogP contribution in [-0.2, 0) is 0 Å². The van der Waals surface area contributed by atoms with Crippen LogP contribution < -0.4 is 4.74 Å². The van der Waals surface area contributed by atoms with Crippen LogP contribution in [0, 0.1) is 12.7 Å². The molecule has 18 heavy (non-hydrogen) atoms. The number of aryl methyl sites for hydroxylation is 1. The summed E-state index contributed by atoms with van der Waals surface area (Å²) in [5.41, 5.74) is 1.26. The van der Waals surface area contributed by atoms with Gasteiger partial charge in [-0.05, 0) is 37.1 Å². The number of aromatic nitrogens is 1. The number of ether oxygens (including phenoxy) is 1. The second-order valence-electron chi connectivity index (χ2n) is 4.12. The Balaban J connectivity index is 2.23. The van der Waals surface area contributed by atoms with Gasteiger partial charge in [-0.2, -0.15) is 0 Å². The van der Waals surface area contributed by atoms with Crippen molar-refractivity contribution in [2.24, 2.45) is 0 Å². The van der Waals surface area contributed by atoms with Gasteiger partial charge in [0, 0.05) is 18.3 Å². The molecular weight excluding hydrogens is 233 g/mol. The van der Waals surface area contributed by atoms with Gasteiger partial charge >= 0.3 is 0 Å². The van der Waals surface area contributed by atoms with E-state index in [1.165, 1.54) is 6.07 Å². The van der Waals surface area contributed by atoms with Crippen LogP contribution in [-0.4, -0.2) is 10.1 Å². The first-order valence-electron chi connectivity index (χ1n) is 5.64. The number of rotatable bonds is 3. The lowest BCUT2D eigenvalue weighted by molar-refractivity contribution is 0.198. The molecule has 1 aromatic heterocycles. The zero-order valence-electron chi connectivity index (χ0n) is 10.2. The number of halogens is 1. The summed E-state index contributed by atoms with van der Waals surface area (Å²) >= 11 is 0. The van der Waals surface area contributed by atoms with Gasteiger partial charge in [0.2, 0.25) is 5.88 Å². The first kappa shape index (κ1) is 12.5. The van der Waals surface area contributed by atoms with Crippen molar-refractivity contribution in [3.05, 3.63) is 53.5 Å². The highest BCUT2D eigenvalue weighted by Crippen LogP contribution is 2.23. The molecule has 1 aromatic carbocycles. The summed E-state index contributed by atoms with van der Waals surface area (Å²) in [4.78, 5) is 4.01. The van der Waals surface area contributed by atoms with Crippen molar-refractivity contribution in [1.82, 2.24) is 4.98 Å². The van der Waals surface area contributed by atoms with Crippen LogP contribution in [0.2, 0.25) is 0 Å². The zero-order chi connectivity index (χ0) is 13.1. The predicted molar refractivity (Wildman–Crippen MR) is 66.1 cm³/mol. The van der Waals surface area contributed by atoms with Crippen molar-refractivity contribution in [3.8, 4) is 11.6 Å². The third kappa shape index (κ3) is 2.84. The number of benzene rings is 1. The maximum Gasteiger partial charge on any atom is 0.219 e. The van der Waals surface area contributed by atoms with Gasteiger partial charge in [-0.1, -0.05) is 6.07 Å². The summed E-state index contributed by atoms with van der Waals surface area (Å²) in [5, 5.41) is 9.45. The number of hydrogen-bond acceptors (Lipinski definition) is 3. The molecular formula is C14H14FNO2. The molecule has 0 saturated carbocycles. The molecule has 0 aliphatic rings. The third-order valence-corrected chi connectivity index (χ3v) is 2.61. The van der Waals surface area contributed by atoms with Crippen LogP contribution in [0.1, 0.15) is 24.2 Å². The fraction of sp³-hybridized carbons (Fsp3) is 0.214. The largest absolute Gasteiger partial charge is 0.439 e. The molecule has 3 nitrogen and oxygen atoms in total. The molecule has 1 heterocycles. The summed E-state index contributed by atoms with van der Waals surface area (Å²) in [6.07, 6.45) is 0.951. The molecule has 4 heteroatoms. The van der Waals surface area contributed by atoms with E-state index < -0.39 is 6.10 Å². The van der Waals surface area contributed by atoms with Crippen LogP contribution in [0.3, 0.4) is 0 Å². The molecule has 2 aromatic rings. The predicted octanol–water partition coefficient (Wildman–Crippen LogP) is 3.37. The maximum atomic E-state index is 13.3.